The molecule has 0 aromatic carbocycles. The Morgan fingerprint density at radius 1 is 1.50 bits per heavy atom. The van der Waals surface area contributed by atoms with E-state index in [1.807, 2.05) is 13.8 Å². The Morgan fingerprint density at radius 2 is 2.33 bits per heavy atom. The van der Waals surface area contributed by atoms with Crippen molar-refractivity contribution in [1.29, 1.82) is 0 Å². The van der Waals surface area contributed by atoms with Gasteiger partial charge in [0.2, 0.25) is 0 Å². The highest BCUT2D eigenvalue weighted by atomic mass is 16.5. The lowest BCUT2D eigenvalue weighted by molar-refractivity contribution is 0.0950. The topological polar surface area (TPSA) is 76.1 Å². The Bertz CT molecular complexity index is 407. The first-order valence-electron chi connectivity index (χ1n) is 6.20. The quantitative estimate of drug-likeness (QED) is 0.827. The van der Waals surface area contributed by atoms with E-state index < -0.39 is 0 Å². The summed E-state index contributed by atoms with van der Waals surface area (Å²) in [5.41, 5.74) is 0.332. The monoisotopic (exact) mass is 250 g/mol. The predicted molar refractivity (Wildman–Crippen MR) is 67.5 cm³/mol. The fourth-order valence-electron chi connectivity index (χ4n) is 1.89. The van der Waals surface area contributed by atoms with Crippen LogP contribution in [0.5, 0.6) is 0 Å². The highest BCUT2D eigenvalue weighted by Gasteiger charge is 2.24. The number of rotatable bonds is 4. The largest absolute Gasteiger partial charge is 0.376 e. The Labute approximate surface area is 106 Å². The molecule has 2 heterocycles. The van der Waals surface area contributed by atoms with Crippen LogP contribution in [0.1, 0.15) is 30.8 Å². The molecule has 1 aromatic rings. The second-order valence-corrected chi connectivity index (χ2v) is 4.28. The highest BCUT2D eigenvalue weighted by molar-refractivity contribution is 5.92. The van der Waals surface area contributed by atoms with E-state index in [9.17, 15) is 4.79 Å². The third-order valence-electron chi connectivity index (χ3n) is 2.94. The molecule has 2 atom stereocenters. The maximum absolute atomic E-state index is 11.5. The van der Waals surface area contributed by atoms with Crippen molar-refractivity contribution in [3.05, 3.63) is 17.8 Å². The minimum atomic E-state index is -0.200. The molecule has 6 heteroatoms. The normalized spacial score (nSPS) is 22.8. The molecule has 2 unspecified atom stereocenters. The molecule has 2 rings (SSSR count). The molecule has 1 fully saturated rings. The lowest BCUT2D eigenvalue weighted by Crippen LogP contribution is -2.28. The van der Waals surface area contributed by atoms with Gasteiger partial charge >= 0.3 is 0 Å². The van der Waals surface area contributed by atoms with Gasteiger partial charge < -0.3 is 15.4 Å². The number of hydrogen-bond donors (Lipinski definition) is 2. The third-order valence-corrected chi connectivity index (χ3v) is 2.94. The summed E-state index contributed by atoms with van der Waals surface area (Å²) < 4.78 is 5.46. The van der Waals surface area contributed by atoms with Crippen LogP contribution >= 0.6 is 0 Å². The van der Waals surface area contributed by atoms with E-state index in [1.54, 1.807) is 12.1 Å². The predicted octanol–water partition coefficient (Wildman–Crippen LogP) is 0.816. The Kier molecular flexibility index (Phi) is 4.09. The van der Waals surface area contributed by atoms with Crippen LogP contribution in [0.2, 0.25) is 0 Å². The van der Waals surface area contributed by atoms with Gasteiger partial charge in [0.15, 0.2) is 5.69 Å². The SMILES string of the molecule is CCNC(=O)c1ccc(NC2CCOC2C)nn1. The number of aromatic nitrogens is 2. The molecule has 18 heavy (non-hydrogen) atoms. The summed E-state index contributed by atoms with van der Waals surface area (Å²) in [5.74, 6) is 0.472. The summed E-state index contributed by atoms with van der Waals surface area (Å²) in [4.78, 5) is 11.5. The second kappa shape index (κ2) is 5.77. The molecular weight excluding hydrogens is 232 g/mol. The number of carbonyl (C=O) groups excluding carboxylic acids is 1. The van der Waals surface area contributed by atoms with E-state index in [-0.39, 0.29) is 18.1 Å². The number of nitrogens with zero attached hydrogens (tertiary/aromatic N) is 2. The van der Waals surface area contributed by atoms with Crippen molar-refractivity contribution in [2.24, 2.45) is 0 Å². The molecule has 1 aliphatic heterocycles. The zero-order chi connectivity index (χ0) is 13.0. The highest BCUT2D eigenvalue weighted by Crippen LogP contribution is 2.17. The fraction of sp³-hybridized carbons (Fsp3) is 0.583. The number of hydrogen-bond acceptors (Lipinski definition) is 5. The van der Waals surface area contributed by atoms with Gasteiger partial charge in [-0.15, -0.1) is 10.2 Å². The molecule has 98 valence electrons. The molecule has 0 saturated carbocycles. The molecule has 0 aliphatic carbocycles. The summed E-state index contributed by atoms with van der Waals surface area (Å²) in [6.45, 7) is 5.24. The molecule has 0 bridgehead atoms. The molecule has 2 N–H and O–H groups in total. The van der Waals surface area contributed by atoms with Crippen LogP contribution in [0.4, 0.5) is 5.82 Å². The van der Waals surface area contributed by atoms with E-state index in [0.29, 0.717) is 18.1 Å². The Morgan fingerprint density at radius 3 is 2.89 bits per heavy atom. The minimum absolute atomic E-state index is 0.176. The average Bonchev–Trinajstić information content (AvgIpc) is 2.76. The van der Waals surface area contributed by atoms with Gasteiger partial charge in [-0.1, -0.05) is 0 Å². The summed E-state index contributed by atoms with van der Waals surface area (Å²) in [7, 11) is 0. The van der Waals surface area contributed by atoms with Crippen molar-refractivity contribution in [3.63, 3.8) is 0 Å². The van der Waals surface area contributed by atoms with Crippen molar-refractivity contribution in [2.45, 2.75) is 32.4 Å². The summed E-state index contributed by atoms with van der Waals surface area (Å²) in [6.07, 6.45) is 1.14. The molecule has 0 spiro atoms. The van der Waals surface area contributed by atoms with E-state index >= 15 is 0 Å². The maximum Gasteiger partial charge on any atom is 0.271 e. The second-order valence-electron chi connectivity index (χ2n) is 4.28. The molecule has 1 aromatic heterocycles. The van der Waals surface area contributed by atoms with Gasteiger partial charge in [-0.05, 0) is 32.4 Å². The van der Waals surface area contributed by atoms with Crippen molar-refractivity contribution in [2.75, 3.05) is 18.5 Å². The van der Waals surface area contributed by atoms with Crippen LogP contribution < -0.4 is 10.6 Å². The number of carbonyl (C=O) groups is 1. The van der Waals surface area contributed by atoms with Crippen LogP contribution in [0.3, 0.4) is 0 Å². The molecule has 1 aliphatic rings. The van der Waals surface area contributed by atoms with E-state index in [4.69, 9.17) is 4.74 Å². The third kappa shape index (κ3) is 2.95. The minimum Gasteiger partial charge on any atom is -0.376 e. The molecule has 0 radical (unpaired) electrons. The average molecular weight is 250 g/mol. The lowest BCUT2D eigenvalue weighted by Gasteiger charge is -2.16. The lowest BCUT2D eigenvalue weighted by atomic mass is 10.1. The molecule has 6 nitrogen and oxygen atoms in total. The first kappa shape index (κ1) is 12.8. The zero-order valence-corrected chi connectivity index (χ0v) is 10.6. The van der Waals surface area contributed by atoms with Crippen LogP contribution in [-0.4, -0.2) is 41.4 Å². The van der Waals surface area contributed by atoms with Crippen molar-refractivity contribution < 1.29 is 9.53 Å². The van der Waals surface area contributed by atoms with Gasteiger partial charge in [-0.25, -0.2) is 0 Å². The first-order valence-corrected chi connectivity index (χ1v) is 6.20. The maximum atomic E-state index is 11.5. The van der Waals surface area contributed by atoms with Crippen LogP contribution in [0.25, 0.3) is 0 Å². The van der Waals surface area contributed by atoms with Gasteiger partial charge in [0, 0.05) is 13.2 Å². The van der Waals surface area contributed by atoms with Crippen LogP contribution in [0.15, 0.2) is 12.1 Å². The Balaban J connectivity index is 1.97. The number of nitrogens with one attached hydrogen (secondary N) is 2. The van der Waals surface area contributed by atoms with Gasteiger partial charge in [0.25, 0.3) is 5.91 Å². The van der Waals surface area contributed by atoms with Crippen LogP contribution in [0, 0.1) is 0 Å². The van der Waals surface area contributed by atoms with Gasteiger partial charge in [-0.3, -0.25) is 4.79 Å². The van der Waals surface area contributed by atoms with Gasteiger partial charge in [0.05, 0.1) is 12.1 Å². The van der Waals surface area contributed by atoms with E-state index in [0.717, 1.165) is 13.0 Å². The van der Waals surface area contributed by atoms with Gasteiger partial charge in [-0.2, -0.15) is 0 Å². The fourth-order valence-corrected chi connectivity index (χ4v) is 1.89. The number of ether oxygens (including phenoxy) is 1. The summed E-state index contributed by atoms with van der Waals surface area (Å²) in [6, 6.07) is 3.69. The van der Waals surface area contributed by atoms with E-state index in [1.165, 1.54) is 0 Å². The standard InChI is InChI=1S/C12H18N4O2/c1-3-13-12(17)10-4-5-11(16-15-10)14-9-6-7-18-8(9)2/h4-5,8-9H,3,6-7H2,1-2H3,(H,13,17)(H,14,16). The zero-order valence-electron chi connectivity index (χ0n) is 10.6. The van der Waals surface area contributed by atoms with Crippen LogP contribution in [-0.2, 0) is 4.74 Å². The first-order chi connectivity index (χ1) is 8.70. The van der Waals surface area contributed by atoms with Crippen molar-refractivity contribution in [3.8, 4) is 0 Å². The number of amides is 1. The molecule has 1 saturated heterocycles. The summed E-state index contributed by atoms with van der Waals surface area (Å²) in [5, 5.41) is 13.8. The molecule has 1 amide bonds. The number of anilines is 1. The van der Waals surface area contributed by atoms with Crippen molar-refractivity contribution >= 4 is 11.7 Å². The van der Waals surface area contributed by atoms with E-state index in [2.05, 4.69) is 20.8 Å². The smallest absolute Gasteiger partial charge is 0.271 e. The van der Waals surface area contributed by atoms with Gasteiger partial charge in [0.1, 0.15) is 5.82 Å². The summed E-state index contributed by atoms with van der Waals surface area (Å²) >= 11 is 0. The Hall–Kier alpha value is -1.69. The van der Waals surface area contributed by atoms with Crippen molar-refractivity contribution in [1.82, 2.24) is 15.5 Å². The molecular formula is C12H18N4O2.